The van der Waals surface area contributed by atoms with Gasteiger partial charge >= 0.3 is 6.03 Å². The van der Waals surface area contributed by atoms with Gasteiger partial charge in [-0.3, -0.25) is 0 Å². The number of morpholine rings is 1. The van der Waals surface area contributed by atoms with Gasteiger partial charge in [0.15, 0.2) is 0 Å². The normalized spacial score (nSPS) is 19.9. The summed E-state index contributed by atoms with van der Waals surface area (Å²) >= 11 is 0. The molecule has 1 N–H and O–H groups in total. The molecule has 1 heterocycles. The number of amides is 2. The summed E-state index contributed by atoms with van der Waals surface area (Å²) in [6, 6.07) is 8.36. The van der Waals surface area contributed by atoms with Gasteiger partial charge in [0, 0.05) is 31.9 Å². The minimum Gasteiger partial charge on any atom is -0.370 e. The Morgan fingerprint density at radius 2 is 2.12 bits per heavy atom. The number of nitrogens with zero attached hydrogens (tertiary/aromatic N) is 2. The van der Waals surface area contributed by atoms with Crippen LogP contribution in [0.2, 0.25) is 0 Å². The summed E-state index contributed by atoms with van der Waals surface area (Å²) in [5.41, 5.74) is 2.20. The van der Waals surface area contributed by atoms with Crippen LogP contribution in [0.25, 0.3) is 0 Å². The molecule has 1 fully saturated rings. The first-order valence-electron chi connectivity index (χ1n) is 8.83. The Hall–Kier alpha value is -1.75. The quantitative estimate of drug-likeness (QED) is 0.901. The number of likely N-dealkylation sites (N-methyl/N-ethyl adjacent to an activating group) is 1. The second-order valence-electron chi connectivity index (χ2n) is 7.17. The fourth-order valence-electron chi connectivity index (χ4n) is 3.39. The number of rotatable bonds is 5. The standard InChI is InChI=1S/C19H31N3O2/c1-6-21(17-10-8-7-9-15(17)2)12-11-20-18(23)22-13-16(3)24-19(4,5)14-22/h7-10,16H,6,11-14H2,1-5H3,(H,20,23). The van der Waals surface area contributed by atoms with E-state index in [1.165, 1.54) is 11.3 Å². The van der Waals surface area contributed by atoms with Crippen molar-refractivity contribution in [3.8, 4) is 0 Å². The van der Waals surface area contributed by atoms with E-state index in [9.17, 15) is 4.79 Å². The van der Waals surface area contributed by atoms with Crippen molar-refractivity contribution in [3.05, 3.63) is 29.8 Å². The van der Waals surface area contributed by atoms with Gasteiger partial charge in [-0.1, -0.05) is 18.2 Å². The largest absolute Gasteiger partial charge is 0.370 e. The number of urea groups is 1. The van der Waals surface area contributed by atoms with E-state index in [1.807, 2.05) is 25.7 Å². The molecule has 24 heavy (non-hydrogen) atoms. The summed E-state index contributed by atoms with van der Waals surface area (Å²) in [5.74, 6) is 0. The summed E-state index contributed by atoms with van der Waals surface area (Å²) < 4.78 is 5.86. The number of benzene rings is 1. The first-order valence-corrected chi connectivity index (χ1v) is 8.83. The van der Waals surface area contributed by atoms with Crippen LogP contribution in [0.3, 0.4) is 0 Å². The van der Waals surface area contributed by atoms with Crippen LogP contribution in [0.5, 0.6) is 0 Å². The first kappa shape index (κ1) is 18.6. The van der Waals surface area contributed by atoms with Gasteiger partial charge in [0.2, 0.25) is 0 Å². The van der Waals surface area contributed by atoms with Gasteiger partial charge in [0.1, 0.15) is 0 Å². The maximum atomic E-state index is 12.4. The van der Waals surface area contributed by atoms with Crippen LogP contribution in [-0.2, 0) is 4.74 Å². The summed E-state index contributed by atoms with van der Waals surface area (Å²) in [7, 11) is 0. The molecule has 0 bridgehead atoms. The molecule has 2 rings (SSSR count). The number of hydrogen-bond acceptors (Lipinski definition) is 3. The second-order valence-corrected chi connectivity index (χ2v) is 7.17. The highest BCUT2D eigenvalue weighted by Gasteiger charge is 2.33. The fraction of sp³-hybridized carbons (Fsp3) is 0.632. The number of carbonyl (C=O) groups excluding carboxylic acids is 1. The Balaban J connectivity index is 1.86. The lowest BCUT2D eigenvalue weighted by Gasteiger charge is -2.41. The summed E-state index contributed by atoms with van der Waals surface area (Å²) in [5, 5.41) is 3.05. The SMILES string of the molecule is CCN(CCNC(=O)N1CC(C)OC(C)(C)C1)c1ccccc1C. The number of para-hydroxylation sites is 1. The van der Waals surface area contributed by atoms with Crippen LogP contribution in [-0.4, -0.2) is 55.4 Å². The third kappa shape index (κ3) is 4.87. The van der Waals surface area contributed by atoms with E-state index in [4.69, 9.17) is 4.74 Å². The van der Waals surface area contributed by atoms with Crippen molar-refractivity contribution in [2.75, 3.05) is 37.6 Å². The molecular formula is C19H31N3O2. The van der Waals surface area contributed by atoms with Crippen molar-refractivity contribution in [1.82, 2.24) is 10.2 Å². The number of anilines is 1. The molecule has 1 aliphatic heterocycles. The molecule has 0 radical (unpaired) electrons. The third-order valence-corrected chi connectivity index (χ3v) is 4.35. The number of hydrogen-bond donors (Lipinski definition) is 1. The van der Waals surface area contributed by atoms with E-state index in [1.54, 1.807) is 0 Å². The van der Waals surface area contributed by atoms with Gasteiger partial charge in [0.25, 0.3) is 0 Å². The minimum absolute atomic E-state index is 0.000869. The molecule has 0 spiro atoms. The van der Waals surface area contributed by atoms with Crippen molar-refractivity contribution < 1.29 is 9.53 Å². The van der Waals surface area contributed by atoms with Crippen LogP contribution < -0.4 is 10.2 Å². The van der Waals surface area contributed by atoms with E-state index in [-0.39, 0.29) is 17.7 Å². The molecule has 5 heteroatoms. The van der Waals surface area contributed by atoms with Crippen LogP contribution in [0.15, 0.2) is 24.3 Å². The molecule has 0 aromatic heterocycles. The maximum Gasteiger partial charge on any atom is 0.317 e. The smallest absolute Gasteiger partial charge is 0.317 e. The minimum atomic E-state index is -0.286. The number of ether oxygens (including phenoxy) is 1. The third-order valence-electron chi connectivity index (χ3n) is 4.35. The zero-order valence-electron chi connectivity index (χ0n) is 15.6. The van der Waals surface area contributed by atoms with E-state index in [0.29, 0.717) is 19.6 Å². The zero-order chi connectivity index (χ0) is 17.7. The Morgan fingerprint density at radius 1 is 1.42 bits per heavy atom. The van der Waals surface area contributed by atoms with Crippen LogP contribution in [0, 0.1) is 6.92 Å². The molecule has 5 nitrogen and oxygen atoms in total. The lowest BCUT2D eigenvalue weighted by Crippen LogP contribution is -2.56. The predicted molar refractivity (Wildman–Crippen MR) is 98.7 cm³/mol. The highest BCUT2D eigenvalue weighted by Crippen LogP contribution is 2.21. The maximum absolute atomic E-state index is 12.4. The average molecular weight is 333 g/mol. The van der Waals surface area contributed by atoms with Crippen LogP contribution in [0.4, 0.5) is 10.5 Å². The fourth-order valence-corrected chi connectivity index (χ4v) is 3.39. The zero-order valence-corrected chi connectivity index (χ0v) is 15.6. The summed E-state index contributed by atoms with van der Waals surface area (Å²) in [6.45, 7) is 13.9. The lowest BCUT2D eigenvalue weighted by molar-refractivity contribution is -0.117. The molecule has 2 amide bonds. The van der Waals surface area contributed by atoms with Gasteiger partial charge in [-0.15, -0.1) is 0 Å². The average Bonchev–Trinajstić information content (AvgIpc) is 2.50. The predicted octanol–water partition coefficient (Wildman–Crippen LogP) is 3.03. The Labute approximate surface area is 146 Å². The number of carbonyl (C=O) groups is 1. The molecule has 134 valence electrons. The molecule has 0 saturated carbocycles. The Kier molecular flexibility index (Phi) is 6.10. The number of aryl methyl sites for hydroxylation is 1. The summed E-state index contributed by atoms with van der Waals surface area (Å²) in [6.07, 6.45) is 0.0682. The van der Waals surface area contributed by atoms with Gasteiger partial charge < -0.3 is 19.9 Å². The monoisotopic (exact) mass is 333 g/mol. The van der Waals surface area contributed by atoms with E-state index in [0.717, 1.165) is 13.1 Å². The van der Waals surface area contributed by atoms with Crippen molar-refractivity contribution >= 4 is 11.7 Å². The topological polar surface area (TPSA) is 44.8 Å². The lowest BCUT2D eigenvalue weighted by atomic mass is 10.1. The molecule has 1 aliphatic rings. The van der Waals surface area contributed by atoms with Gasteiger partial charge in [-0.05, 0) is 46.2 Å². The highest BCUT2D eigenvalue weighted by molar-refractivity contribution is 5.74. The van der Waals surface area contributed by atoms with Crippen molar-refractivity contribution in [2.45, 2.75) is 46.3 Å². The first-order chi connectivity index (χ1) is 11.3. The van der Waals surface area contributed by atoms with Gasteiger partial charge in [-0.25, -0.2) is 4.79 Å². The van der Waals surface area contributed by atoms with Crippen molar-refractivity contribution in [1.29, 1.82) is 0 Å². The highest BCUT2D eigenvalue weighted by atomic mass is 16.5. The molecule has 1 saturated heterocycles. The van der Waals surface area contributed by atoms with E-state index in [2.05, 4.69) is 48.3 Å². The molecule has 1 aromatic rings. The molecular weight excluding hydrogens is 302 g/mol. The molecule has 1 unspecified atom stereocenters. The summed E-state index contributed by atoms with van der Waals surface area (Å²) in [4.78, 5) is 16.6. The van der Waals surface area contributed by atoms with Gasteiger partial charge in [0.05, 0.1) is 18.2 Å². The second kappa shape index (κ2) is 7.88. The molecule has 1 aromatic carbocycles. The van der Waals surface area contributed by atoms with E-state index >= 15 is 0 Å². The van der Waals surface area contributed by atoms with Gasteiger partial charge in [-0.2, -0.15) is 0 Å². The molecule has 0 aliphatic carbocycles. The Bertz CT molecular complexity index is 559. The number of nitrogens with one attached hydrogen (secondary N) is 1. The molecule has 1 atom stereocenters. The van der Waals surface area contributed by atoms with Crippen LogP contribution in [0.1, 0.15) is 33.3 Å². The van der Waals surface area contributed by atoms with Crippen molar-refractivity contribution in [2.24, 2.45) is 0 Å². The van der Waals surface area contributed by atoms with E-state index < -0.39 is 0 Å². The van der Waals surface area contributed by atoms with Crippen LogP contribution >= 0.6 is 0 Å². The Morgan fingerprint density at radius 3 is 2.75 bits per heavy atom. The van der Waals surface area contributed by atoms with Crippen molar-refractivity contribution in [3.63, 3.8) is 0 Å².